The zero-order valence-electron chi connectivity index (χ0n) is 14.5. The predicted molar refractivity (Wildman–Crippen MR) is 88.2 cm³/mol. The zero-order chi connectivity index (χ0) is 17.4. The van der Waals surface area contributed by atoms with Gasteiger partial charge in [0, 0.05) is 13.6 Å². The van der Waals surface area contributed by atoms with Crippen LogP contribution >= 0.6 is 0 Å². The molecule has 0 saturated carbocycles. The van der Waals surface area contributed by atoms with Gasteiger partial charge in [0.15, 0.2) is 0 Å². The summed E-state index contributed by atoms with van der Waals surface area (Å²) in [5.74, 6) is 0.309. The molecule has 6 heteroatoms. The summed E-state index contributed by atoms with van der Waals surface area (Å²) >= 11 is 0. The summed E-state index contributed by atoms with van der Waals surface area (Å²) in [6.07, 6.45) is -0.650. The van der Waals surface area contributed by atoms with Crippen molar-refractivity contribution < 1.29 is 19.1 Å². The Hall–Kier alpha value is -2.08. The summed E-state index contributed by atoms with van der Waals surface area (Å²) in [5, 5.41) is 2.67. The Morgan fingerprint density at radius 3 is 2.61 bits per heavy atom. The van der Waals surface area contributed by atoms with Crippen molar-refractivity contribution in [1.82, 2.24) is 10.2 Å². The SMILES string of the molecule is CCN(C)C(=O)[C@@H](C)NC(=O)[C@@H](C)OCc1cccc(OC)c1. The minimum absolute atomic E-state index is 0.124. The quantitative estimate of drug-likeness (QED) is 0.789. The first-order chi connectivity index (χ1) is 10.9. The van der Waals surface area contributed by atoms with E-state index >= 15 is 0 Å². The molecule has 23 heavy (non-hydrogen) atoms. The second-order valence-electron chi connectivity index (χ2n) is 5.39. The number of carbonyl (C=O) groups is 2. The molecule has 0 saturated heterocycles. The molecule has 6 nitrogen and oxygen atoms in total. The molecule has 0 aliphatic rings. The molecule has 0 heterocycles. The molecular formula is C17H26N2O4. The molecule has 0 fully saturated rings. The average molecular weight is 322 g/mol. The van der Waals surface area contributed by atoms with Crippen LogP contribution < -0.4 is 10.1 Å². The molecular weight excluding hydrogens is 296 g/mol. The molecule has 2 atom stereocenters. The van der Waals surface area contributed by atoms with Crippen LogP contribution in [0.1, 0.15) is 26.3 Å². The number of hydrogen-bond acceptors (Lipinski definition) is 4. The first kappa shape index (κ1) is 19.0. The van der Waals surface area contributed by atoms with E-state index in [0.717, 1.165) is 11.3 Å². The maximum absolute atomic E-state index is 12.1. The highest BCUT2D eigenvalue weighted by molar-refractivity contribution is 5.88. The molecule has 0 aliphatic heterocycles. The third-order valence-corrected chi connectivity index (χ3v) is 3.58. The van der Waals surface area contributed by atoms with Gasteiger partial charge in [-0.25, -0.2) is 0 Å². The number of amides is 2. The van der Waals surface area contributed by atoms with Gasteiger partial charge in [-0.05, 0) is 38.5 Å². The summed E-state index contributed by atoms with van der Waals surface area (Å²) in [6, 6.07) is 6.89. The zero-order valence-corrected chi connectivity index (χ0v) is 14.5. The first-order valence-corrected chi connectivity index (χ1v) is 7.68. The Kier molecular flexibility index (Phi) is 7.54. The Bertz CT molecular complexity index is 533. The fourth-order valence-electron chi connectivity index (χ4n) is 1.94. The second-order valence-corrected chi connectivity index (χ2v) is 5.39. The van der Waals surface area contributed by atoms with Crippen LogP contribution in [0.4, 0.5) is 0 Å². The fraction of sp³-hybridized carbons (Fsp3) is 0.529. The molecule has 0 aliphatic carbocycles. The summed E-state index contributed by atoms with van der Waals surface area (Å²) in [4.78, 5) is 25.6. The van der Waals surface area contributed by atoms with Gasteiger partial charge in [0.1, 0.15) is 17.9 Å². The largest absolute Gasteiger partial charge is 0.497 e. The van der Waals surface area contributed by atoms with E-state index in [1.54, 1.807) is 32.9 Å². The van der Waals surface area contributed by atoms with Crippen LogP contribution in [0, 0.1) is 0 Å². The lowest BCUT2D eigenvalue weighted by molar-refractivity contribution is -0.139. The number of nitrogens with one attached hydrogen (secondary N) is 1. The van der Waals surface area contributed by atoms with Crippen molar-refractivity contribution in [3.63, 3.8) is 0 Å². The fourth-order valence-corrected chi connectivity index (χ4v) is 1.94. The lowest BCUT2D eigenvalue weighted by atomic mass is 10.2. The van der Waals surface area contributed by atoms with Crippen molar-refractivity contribution in [3.05, 3.63) is 29.8 Å². The predicted octanol–water partition coefficient (Wildman–Crippen LogP) is 1.58. The van der Waals surface area contributed by atoms with Crippen molar-refractivity contribution in [3.8, 4) is 5.75 Å². The topological polar surface area (TPSA) is 67.9 Å². The Labute approximate surface area is 137 Å². The Morgan fingerprint density at radius 2 is 2.00 bits per heavy atom. The van der Waals surface area contributed by atoms with Crippen LogP contribution in [-0.4, -0.2) is 49.6 Å². The highest BCUT2D eigenvalue weighted by Gasteiger charge is 2.21. The van der Waals surface area contributed by atoms with Crippen molar-refractivity contribution >= 4 is 11.8 Å². The number of nitrogens with zero attached hydrogens (tertiary/aromatic N) is 1. The molecule has 0 unspecified atom stereocenters. The van der Waals surface area contributed by atoms with Crippen LogP contribution in [-0.2, 0) is 20.9 Å². The molecule has 1 aromatic rings. The molecule has 0 bridgehead atoms. The van der Waals surface area contributed by atoms with E-state index in [2.05, 4.69) is 5.32 Å². The van der Waals surface area contributed by atoms with Crippen LogP contribution in [0.15, 0.2) is 24.3 Å². The van der Waals surface area contributed by atoms with Crippen LogP contribution in [0.25, 0.3) is 0 Å². The number of carbonyl (C=O) groups excluding carboxylic acids is 2. The first-order valence-electron chi connectivity index (χ1n) is 7.68. The van der Waals surface area contributed by atoms with Gasteiger partial charge in [-0.3, -0.25) is 9.59 Å². The third kappa shape index (κ3) is 5.90. The van der Waals surface area contributed by atoms with Gasteiger partial charge < -0.3 is 19.7 Å². The Balaban J connectivity index is 2.49. The average Bonchev–Trinajstić information content (AvgIpc) is 2.58. The number of hydrogen-bond donors (Lipinski definition) is 1. The van der Waals surface area contributed by atoms with Gasteiger partial charge >= 0.3 is 0 Å². The second kappa shape index (κ2) is 9.15. The van der Waals surface area contributed by atoms with Crippen molar-refractivity contribution in [2.45, 2.75) is 39.5 Å². The number of ether oxygens (including phenoxy) is 2. The molecule has 0 aromatic heterocycles. The Morgan fingerprint density at radius 1 is 1.30 bits per heavy atom. The standard InChI is InChI=1S/C17H26N2O4/c1-6-19(4)17(21)12(2)18-16(20)13(3)23-11-14-8-7-9-15(10-14)22-5/h7-10,12-13H,6,11H2,1-5H3,(H,18,20)/t12-,13-/m1/s1. The van der Waals surface area contributed by atoms with Gasteiger partial charge in [0.25, 0.3) is 0 Å². The van der Waals surface area contributed by atoms with Crippen molar-refractivity contribution in [1.29, 1.82) is 0 Å². The van der Waals surface area contributed by atoms with E-state index in [1.807, 2.05) is 31.2 Å². The van der Waals surface area contributed by atoms with Gasteiger partial charge in [-0.15, -0.1) is 0 Å². The summed E-state index contributed by atoms with van der Waals surface area (Å²) in [5.41, 5.74) is 0.916. The van der Waals surface area contributed by atoms with E-state index in [4.69, 9.17) is 9.47 Å². The monoisotopic (exact) mass is 322 g/mol. The third-order valence-electron chi connectivity index (χ3n) is 3.58. The number of likely N-dealkylation sites (N-methyl/N-ethyl adjacent to an activating group) is 1. The highest BCUT2D eigenvalue weighted by atomic mass is 16.5. The molecule has 1 rings (SSSR count). The minimum atomic E-state index is -0.650. The van der Waals surface area contributed by atoms with Crippen molar-refractivity contribution in [2.24, 2.45) is 0 Å². The van der Waals surface area contributed by atoms with Crippen molar-refractivity contribution in [2.75, 3.05) is 20.7 Å². The normalized spacial score (nSPS) is 13.1. The van der Waals surface area contributed by atoms with E-state index in [1.165, 1.54) is 0 Å². The minimum Gasteiger partial charge on any atom is -0.497 e. The molecule has 2 amide bonds. The number of methoxy groups -OCH3 is 1. The van der Waals surface area contributed by atoms with Gasteiger partial charge in [-0.1, -0.05) is 12.1 Å². The number of rotatable bonds is 8. The van der Waals surface area contributed by atoms with E-state index in [9.17, 15) is 9.59 Å². The van der Waals surface area contributed by atoms with Crippen LogP contribution in [0.5, 0.6) is 5.75 Å². The molecule has 1 aromatic carbocycles. The summed E-state index contributed by atoms with van der Waals surface area (Å²) < 4.78 is 10.7. The van der Waals surface area contributed by atoms with Gasteiger partial charge in [0.05, 0.1) is 13.7 Å². The number of benzene rings is 1. The van der Waals surface area contributed by atoms with E-state index in [-0.39, 0.29) is 11.8 Å². The highest BCUT2D eigenvalue weighted by Crippen LogP contribution is 2.13. The summed E-state index contributed by atoms with van der Waals surface area (Å²) in [7, 11) is 3.30. The molecule has 0 radical (unpaired) electrons. The van der Waals surface area contributed by atoms with E-state index in [0.29, 0.717) is 13.2 Å². The lowest BCUT2D eigenvalue weighted by Gasteiger charge is -2.22. The lowest BCUT2D eigenvalue weighted by Crippen LogP contribution is -2.48. The van der Waals surface area contributed by atoms with Crippen LogP contribution in [0.2, 0.25) is 0 Å². The van der Waals surface area contributed by atoms with Crippen LogP contribution in [0.3, 0.4) is 0 Å². The molecule has 0 spiro atoms. The van der Waals surface area contributed by atoms with Gasteiger partial charge in [0.2, 0.25) is 11.8 Å². The summed E-state index contributed by atoms with van der Waals surface area (Å²) in [6.45, 7) is 6.10. The molecule has 128 valence electrons. The van der Waals surface area contributed by atoms with Gasteiger partial charge in [-0.2, -0.15) is 0 Å². The maximum atomic E-state index is 12.1. The molecule has 1 N–H and O–H groups in total. The maximum Gasteiger partial charge on any atom is 0.249 e. The van der Waals surface area contributed by atoms with E-state index < -0.39 is 12.1 Å². The smallest absolute Gasteiger partial charge is 0.249 e.